The second-order valence-corrected chi connectivity index (χ2v) is 6.42. The van der Waals surface area contributed by atoms with Gasteiger partial charge in [-0.25, -0.2) is 0 Å². The van der Waals surface area contributed by atoms with Gasteiger partial charge in [-0.15, -0.1) is 0 Å². The number of rotatable bonds is 3. The molecule has 3 rings (SSSR count). The molecule has 1 aliphatic carbocycles. The fraction of sp³-hybridized carbons (Fsp3) is 0.500. The van der Waals surface area contributed by atoms with Crippen LogP contribution in [0.5, 0.6) is 5.75 Å². The first-order valence-electron chi connectivity index (χ1n) is 6.55. The highest BCUT2D eigenvalue weighted by Crippen LogP contribution is 2.39. The van der Waals surface area contributed by atoms with Gasteiger partial charge in [0.05, 0.1) is 18.1 Å². The van der Waals surface area contributed by atoms with Crippen molar-refractivity contribution in [1.82, 2.24) is 9.55 Å². The second kappa shape index (κ2) is 5.21. The average molecular weight is 294 g/mol. The van der Waals surface area contributed by atoms with Gasteiger partial charge in [-0.3, -0.25) is 0 Å². The highest BCUT2D eigenvalue weighted by atomic mass is 32.2. The number of hydrogen-bond acceptors (Lipinski definition) is 3. The lowest BCUT2D eigenvalue weighted by Crippen LogP contribution is -2.15. The molecule has 0 spiro atoms. The molecule has 2 aromatic rings. The summed E-state index contributed by atoms with van der Waals surface area (Å²) >= 11 is 7.48. The summed E-state index contributed by atoms with van der Waals surface area (Å²) in [6.45, 7) is 0. The minimum Gasteiger partial charge on any atom is -0.497 e. The number of imidazole rings is 1. The summed E-state index contributed by atoms with van der Waals surface area (Å²) in [4.78, 5) is 3.31. The molecule has 1 heterocycles. The third-order valence-electron chi connectivity index (χ3n) is 3.98. The maximum Gasteiger partial charge on any atom is 0.178 e. The molecule has 0 saturated heterocycles. The first kappa shape index (κ1) is 13.1. The molecule has 0 amide bonds. The van der Waals surface area contributed by atoms with Crippen molar-refractivity contribution in [2.24, 2.45) is 0 Å². The minimum atomic E-state index is 0.503. The van der Waals surface area contributed by atoms with E-state index in [0.717, 1.165) is 21.6 Å². The molecule has 19 heavy (non-hydrogen) atoms. The first-order valence-corrected chi connectivity index (χ1v) is 8.25. The van der Waals surface area contributed by atoms with Crippen LogP contribution in [0.25, 0.3) is 11.0 Å². The topological polar surface area (TPSA) is 29.9 Å². The van der Waals surface area contributed by atoms with E-state index in [-0.39, 0.29) is 0 Å². The SMILES string of the molecule is COc1ccc2[nH]c(=S)n(C3CCCC3SC)c2c1. The van der Waals surface area contributed by atoms with Crippen LogP contribution in [0.3, 0.4) is 0 Å². The number of thioether (sulfide) groups is 1. The van der Waals surface area contributed by atoms with Crippen molar-refractivity contribution in [2.75, 3.05) is 13.4 Å². The molecule has 1 fully saturated rings. The standard InChI is InChI=1S/C14H18N2OS2/c1-17-9-6-7-10-12(8-9)16(14(18)15-10)11-4-3-5-13(11)19-2/h6-8,11,13H,3-5H2,1-2H3,(H,15,18). The number of nitrogens with one attached hydrogen (secondary N) is 1. The zero-order valence-corrected chi connectivity index (χ0v) is 12.8. The molecule has 0 bridgehead atoms. The van der Waals surface area contributed by atoms with Gasteiger partial charge in [-0.2, -0.15) is 11.8 Å². The van der Waals surface area contributed by atoms with Crippen LogP contribution >= 0.6 is 24.0 Å². The number of fused-ring (bicyclic) bond motifs is 1. The van der Waals surface area contributed by atoms with Crippen LogP contribution in [0.4, 0.5) is 0 Å². The molecule has 1 aromatic carbocycles. The largest absolute Gasteiger partial charge is 0.497 e. The van der Waals surface area contributed by atoms with E-state index in [1.54, 1.807) is 7.11 Å². The van der Waals surface area contributed by atoms with Crippen molar-refractivity contribution in [3.05, 3.63) is 23.0 Å². The van der Waals surface area contributed by atoms with E-state index in [1.807, 2.05) is 23.9 Å². The molecule has 0 aliphatic heterocycles. The summed E-state index contributed by atoms with van der Waals surface area (Å²) < 4.78 is 8.46. The number of H-pyrrole nitrogens is 1. The highest BCUT2D eigenvalue weighted by molar-refractivity contribution is 7.99. The normalized spacial score (nSPS) is 23.1. The summed E-state index contributed by atoms with van der Waals surface area (Å²) in [5.41, 5.74) is 2.26. The summed E-state index contributed by atoms with van der Waals surface area (Å²) in [7, 11) is 1.70. The van der Waals surface area contributed by atoms with E-state index in [1.165, 1.54) is 19.3 Å². The van der Waals surface area contributed by atoms with Crippen molar-refractivity contribution in [2.45, 2.75) is 30.6 Å². The molecular formula is C14H18N2OS2. The van der Waals surface area contributed by atoms with Crippen molar-refractivity contribution in [3.8, 4) is 5.75 Å². The fourth-order valence-electron chi connectivity index (χ4n) is 3.03. The smallest absolute Gasteiger partial charge is 0.178 e. The zero-order chi connectivity index (χ0) is 13.4. The molecule has 1 aliphatic rings. The molecular weight excluding hydrogens is 276 g/mol. The number of aromatic amines is 1. The van der Waals surface area contributed by atoms with Gasteiger partial charge in [0.15, 0.2) is 4.77 Å². The van der Waals surface area contributed by atoms with Gasteiger partial charge >= 0.3 is 0 Å². The van der Waals surface area contributed by atoms with Gasteiger partial charge in [0.2, 0.25) is 0 Å². The van der Waals surface area contributed by atoms with Crippen LogP contribution in [-0.2, 0) is 0 Å². The molecule has 1 aromatic heterocycles. The van der Waals surface area contributed by atoms with Crippen molar-refractivity contribution < 1.29 is 4.74 Å². The Labute approximate surface area is 122 Å². The highest BCUT2D eigenvalue weighted by Gasteiger charge is 2.29. The third kappa shape index (κ3) is 2.19. The van der Waals surface area contributed by atoms with Gasteiger partial charge < -0.3 is 14.3 Å². The zero-order valence-electron chi connectivity index (χ0n) is 11.2. The molecule has 2 unspecified atom stereocenters. The predicted molar refractivity (Wildman–Crippen MR) is 83.9 cm³/mol. The van der Waals surface area contributed by atoms with Gasteiger partial charge in [-0.05, 0) is 43.4 Å². The molecule has 1 saturated carbocycles. The first-order chi connectivity index (χ1) is 9.24. The Morgan fingerprint density at radius 1 is 1.42 bits per heavy atom. The Balaban J connectivity index is 2.16. The Morgan fingerprint density at radius 3 is 3.00 bits per heavy atom. The lowest BCUT2D eigenvalue weighted by molar-refractivity contribution is 0.415. The van der Waals surface area contributed by atoms with E-state index < -0.39 is 0 Å². The second-order valence-electron chi connectivity index (χ2n) is 4.96. The Kier molecular flexibility index (Phi) is 3.58. The van der Waals surface area contributed by atoms with Crippen LogP contribution in [-0.4, -0.2) is 28.2 Å². The van der Waals surface area contributed by atoms with Gasteiger partial charge in [-0.1, -0.05) is 6.42 Å². The summed E-state index contributed by atoms with van der Waals surface area (Å²) in [5, 5.41) is 0.664. The molecule has 5 heteroatoms. The van der Waals surface area contributed by atoms with E-state index in [2.05, 4.69) is 21.9 Å². The molecule has 2 atom stereocenters. The van der Waals surface area contributed by atoms with Gasteiger partial charge in [0, 0.05) is 17.4 Å². The van der Waals surface area contributed by atoms with Crippen molar-refractivity contribution in [3.63, 3.8) is 0 Å². The maximum atomic E-state index is 5.53. The van der Waals surface area contributed by atoms with Crippen molar-refractivity contribution >= 4 is 35.0 Å². The Morgan fingerprint density at radius 2 is 2.26 bits per heavy atom. The Hall–Kier alpha value is -0.940. The maximum absolute atomic E-state index is 5.53. The van der Waals surface area contributed by atoms with E-state index >= 15 is 0 Å². The molecule has 0 radical (unpaired) electrons. The van der Waals surface area contributed by atoms with Gasteiger partial charge in [0.25, 0.3) is 0 Å². The number of hydrogen-bond donors (Lipinski definition) is 1. The number of ether oxygens (including phenoxy) is 1. The quantitative estimate of drug-likeness (QED) is 0.862. The number of benzene rings is 1. The monoisotopic (exact) mass is 294 g/mol. The van der Waals surface area contributed by atoms with E-state index in [4.69, 9.17) is 17.0 Å². The number of methoxy groups -OCH3 is 1. The van der Waals surface area contributed by atoms with Crippen molar-refractivity contribution in [1.29, 1.82) is 0 Å². The van der Waals surface area contributed by atoms with Crippen LogP contribution in [0, 0.1) is 4.77 Å². The predicted octanol–water partition coefficient (Wildman–Crippen LogP) is 4.16. The number of aromatic nitrogens is 2. The lowest BCUT2D eigenvalue weighted by atomic mass is 10.2. The van der Waals surface area contributed by atoms with Crippen LogP contribution in [0.1, 0.15) is 25.3 Å². The number of nitrogens with zero attached hydrogens (tertiary/aromatic N) is 1. The summed E-state index contributed by atoms with van der Waals surface area (Å²) in [6, 6.07) is 6.60. The van der Waals surface area contributed by atoms with E-state index in [9.17, 15) is 0 Å². The van der Waals surface area contributed by atoms with Crippen LogP contribution in [0.15, 0.2) is 18.2 Å². The van der Waals surface area contributed by atoms with Crippen LogP contribution < -0.4 is 4.74 Å². The van der Waals surface area contributed by atoms with Crippen LogP contribution in [0.2, 0.25) is 0 Å². The van der Waals surface area contributed by atoms with Gasteiger partial charge in [0.1, 0.15) is 5.75 Å². The van der Waals surface area contributed by atoms with E-state index in [0.29, 0.717) is 11.3 Å². The fourth-order valence-corrected chi connectivity index (χ4v) is 4.35. The third-order valence-corrected chi connectivity index (χ3v) is 5.43. The lowest BCUT2D eigenvalue weighted by Gasteiger charge is -2.20. The summed E-state index contributed by atoms with van der Waals surface area (Å²) in [5.74, 6) is 0.883. The Bertz CT molecular complexity index is 646. The molecule has 1 N–H and O–H groups in total. The molecule has 102 valence electrons. The average Bonchev–Trinajstić information content (AvgIpc) is 3.00. The molecule has 3 nitrogen and oxygen atoms in total. The summed E-state index contributed by atoms with van der Waals surface area (Å²) in [6.07, 6.45) is 5.98. The minimum absolute atomic E-state index is 0.503.